The maximum absolute atomic E-state index is 12.0. The Kier molecular flexibility index (Phi) is 7.40. The third-order valence-corrected chi connectivity index (χ3v) is 10.7. The Morgan fingerprint density at radius 1 is 1.08 bits per heavy atom. The van der Waals surface area contributed by atoms with Gasteiger partial charge in [0.2, 0.25) is 0 Å². The molecule has 0 radical (unpaired) electrons. The van der Waals surface area contributed by atoms with E-state index in [2.05, 4.69) is 38.6 Å². The molecule has 142 valence electrons. The van der Waals surface area contributed by atoms with Gasteiger partial charge >= 0.3 is 5.97 Å². The second-order valence-electron chi connectivity index (χ2n) is 7.78. The van der Waals surface area contributed by atoms with Crippen LogP contribution in [-0.4, -0.2) is 35.6 Å². The lowest BCUT2D eigenvalue weighted by molar-refractivity contribution is -0.140. The van der Waals surface area contributed by atoms with Crippen LogP contribution in [0.3, 0.4) is 0 Å². The quantitative estimate of drug-likeness (QED) is 0.503. The average Bonchev–Trinajstić information content (AvgIpc) is 2.50. The van der Waals surface area contributed by atoms with Crippen molar-refractivity contribution >= 4 is 24.1 Å². The molecule has 1 aromatic rings. The standard InChI is InChI=1S/C18H30O5SSi/c1-18(2,3)25(5,6)23-13-15-7-9-16(10-8-15)14-24(20,21)12-11-17(19)22-4/h7-10H,11-14H2,1-6H3. The van der Waals surface area contributed by atoms with Gasteiger partial charge in [-0.15, -0.1) is 0 Å². The monoisotopic (exact) mass is 386 g/mol. The van der Waals surface area contributed by atoms with E-state index in [1.807, 2.05) is 12.1 Å². The van der Waals surface area contributed by atoms with Crippen LogP contribution in [0, 0.1) is 0 Å². The van der Waals surface area contributed by atoms with Gasteiger partial charge in [0.25, 0.3) is 0 Å². The highest BCUT2D eigenvalue weighted by Gasteiger charge is 2.36. The number of hydrogen-bond acceptors (Lipinski definition) is 5. The second kappa shape index (κ2) is 8.47. The Hall–Kier alpha value is -1.18. The predicted octanol–water partition coefficient (Wildman–Crippen LogP) is 3.69. The molecule has 1 rings (SSSR count). The number of rotatable bonds is 8. The zero-order valence-electron chi connectivity index (χ0n) is 16.1. The fourth-order valence-electron chi connectivity index (χ4n) is 1.88. The lowest BCUT2D eigenvalue weighted by Gasteiger charge is -2.36. The molecule has 0 amide bonds. The van der Waals surface area contributed by atoms with Gasteiger partial charge in [-0.3, -0.25) is 4.79 Å². The Labute approximate surface area is 152 Å². The molecule has 0 aromatic heterocycles. The van der Waals surface area contributed by atoms with Gasteiger partial charge in [0.15, 0.2) is 18.2 Å². The summed E-state index contributed by atoms with van der Waals surface area (Å²) in [5.74, 6) is -0.787. The van der Waals surface area contributed by atoms with Gasteiger partial charge in [-0.1, -0.05) is 45.0 Å². The molecule has 0 atom stereocenters. The molecule has 0 aliphatic carbocycles. The molecule has 25 heavy (non-hydrogen) atoms. The van der Waals surface area contributed by atoms with Crippen molar-refractivity contribution in [2.45, 2.75) is 57.7 Å². The van der Waals surface area contributed by atoms with E-state index in [9.17, 15) is 13.2 Å². The van der Waals surface area contributed by atoms with Crippen molar-refractivity contribution in [3.8, 4) is 0 Å². The Morgan fingerprint density at radius 2 is 1.60 bits per heavy atom. The van der Waals surface area contributed by atoms with Crippen LogP contribution in [0.15, 0.2) is 24.3 Å². The second-order valence-corrected chi connectivity index (χ2v) is 14.8. The highest BCUT2D eigenvalue weighted by Crippen LogP contribution is 2.37. The molecule has 0 spiro atoms. The zero-order chi connectivity index (χ0) is 19.3. The van der Waals surface area contributed by atoms with Crippen molar-refractivity contribution in [1.29, 1.82) is 0 Å². The number of sulfone groups is 1. The number of carbonyl (C=O) groups is 1. The van der Waals surface area contributed by atoms with Gasteiger partial charge in [-0.25, -0.2) is 8.42 Å². The van der Waals surface area contributed by atoms with E-state index in [0.717, 1.165) is 5.56 Å². The minimum atomic E-state index is -3.33. The lowest BCUT2D eigenvalue weighted by atomic mass is 10.2. The average molecular weight is 387 g/mol. The molecule has 5 nitrogen and oxygen atoms in total. The number of hydrogen-bond donors (Lipinski definition) is 0. The summed E-state index contributed by atoms with van der Waals surface area (Å²) < 4.78 is 34.7. The van der Waals surface area contributed by atoms with Crippen LogP contribution in [0.2, 0.25) is 18.1 Å². The number of esters is 1. The third-order valence-electron chi connectivity index (χ3n) is 4.66. The SMILES string of the molecule is COC(=O)CCS(=O)(=O)Cc1ccc(CO[Si](C)(C)C(C)(C)C)cc1. The van der Waals surface area contributed by atoms with Gasteiger partial charge in [0.1, 0.15) is 0 Å². The first-order chi connectivity index (χ1) is 11.4. The maximum Gasteiger partial charge on any atom is 0.306 e. The van der Waals surface area contributed by atoms with Crippen LogP contribution >= 0.6 is 0 Å². The Bertz CT molecular complexity index is 672. The molecular formula is C18H30O5SSi. The van der Waals surface area contributed by atoms with Crippen LogP contribution in [0.5, 0.6) is 0 Å². The van der Waals surface area contributed by atoms with Crippen molar-refractivity contribution in [3.63, 3.8) is 0 Å². The van der Waals surface area contributed by atoms with E-state index in [1.54, 1.807) is 12.1 Å². The summed E-state index contributed by atoms with van der Waals surface area (Å²) in [5.41, 5.74) is 1.74. The summed E-state index contributed by atoms with van der Waals surface area (Å²) in [4.78, 5) is 11.1. The maximum atomic E-state index is 12.0. The normalized spacial score (nSPS) is 12.9. The molecule has 0 N–H and O–H groups in total. The first-order valence-corrected chi connectivity index (χ1v) is 13.1. The number of ether oxygens (including phenoxy) is 1. The highest BCUT2D eigenvalue weighted by atomic mass is 32.2. The van der Waals surface area contributed by atoms with Crippen LogP contribution in [0.1, 0.15) is 38.3 Å². The molecule has 0 aliphatic rings. The van der Waals surface area contributed by atoms with Crippen molar-refractivity contribution < 1.29 is 22.4 Å². The highest BCUT2D eigenvalue weighted by molar-refractivity contribution is 7.90. The van der Waals surface area contributed by atoms with Crippen LogP contribution in [0.4, 0.5) is 0 Å². The smallest absolute Gasteiger partial charge is 0.306 e. The Morgan fingerprint density at radius 3 is 2.08 bits per heavy atom. The minimum absolute atomic E-state index is 0.0760. The van der Waals surface area contributed by atoms with Gasteiger partial charge in [0.05, 0.1) is 31.6 Å². The summed E-state index contributed by atoms with van der Waals surface area (Å²) in [6.07, 6.45) is -0.114. The fraction of sp³-hybridized carbons (Fsp3) is 0.611. The van der Waals surface area contributed by atoms with E-state index >= 15 is 0 Å². The summed E-state index contributed by atoms with van der Waals surface area (Å²) in [6.45, 7) is 11.5. The van der Waals surface area contributed by atoms with Crippen molar-refractivity contribution in [2.24, 2.45) is 0 Å². The van der Waals surface area contributed by atoms with Gasteiger partial charge < -0.3 is 9.16 Å². The summed E-state index contributed by atoms with van der Waals surface area (Å²) in [6, 6.07) is 7.41. The van der Waals surface area contributed by atoms with Crippen molar-refractivity contribution in [2.75, 3.05) is 12.9 Å². The van der Waals surface area contributed by atoms with Gasteiger partial charge in [-0.2, -0.15) is 0 Å². The molecule has 0 saturated carbocycles. The van der Waals surface area contributed by atoms with E-state index in [-0.39, 0.29) is 23.0 Å². The summed E-state index contributed by atoms with van der Waals surface area (Å²) in [5, 5.41) is 0.153. The van der Waals surface area contributed by atoms with E-state index in [0.29, 0.717) is 12.2 Å². The van der Waals surface area contributed by atoms with E-state index < -0.39 is 24.1 Å². The molecular weight excluding hydrogens is 356 g/mol. The summed E-state index contributed by atoms with van der Waals surface area (Å²) in [7, 11) is -3.89. The Balaban J connectivity index is 2.63. The van der Waals surface area contributed by atoms with Gasteiger partial charge in [0, 0.05) is 0 Å². The molecule has 0 unspecified atom stereocenters. The largest absolute Gasteiger partial charge is 0.469 e. The minimum Gasteiger partial charge on any atom is -0.469 e. The third kappa shape index (κ3) is 7.29. The number of methoxy groups -OCH3 is 1. The topological polar surface area (TPSA) is 69.7 Å². The lowest BCUT2D eigenvalue weighted by Crippen LogP contribution is -2.40. The predicted molar refractivity (Wildman–Crippen MR) is 103 cm³/mol. The summed E-state index contributed by atoms with van der Waals surface area (Å²) >= 11 is 0. The number of benzene rings is 1. The van der Waals surface area contributed by atoms with Crippen molar-refractivity contribution in [3.05, 3.63) is 35.4 Å². The molecule has 0 heterocycles. The van der Waals surface area contributed by atoms with Crippen LogP contribution in [0.25, 0.3) is 0 Å². The molecule has 0 saturated heterocycles. The first kappa shape index (κ1) is 21.9. The van der Waals surface area contributed by atoms with E-state index in [4.69, 9.17) is 4.43 Å². The van der Waals surface area contributed by atoms with E-state index in [1.165, 1.54) is 7.11 Å². The molecule has 0 bridgehead atoms. The molecule has 1 aromatic carbocycles. The zero-order valence-corrected chi connectivity index (χ0v) is 17.9. The fourth-order valence-corrected chi connectivity index (χ4v) is 4.16. The van der Waals surface area contributed by atoms with Gasteiger partial charge in [-0.05, 0) is 29.3 Å². The number of carbonyl (C=O) groups excluding carboxylic acids is 1. The molecule has 0 fully saturated rings. The first-order valence-electron chi connectivity index (χ1n) is 8.35. The molecule has 7 heteroatoms. The van der Waals surface area contributed by atoms with Crippen LogP contribution < -0.4 is 0 Å². The van der Waals surface area contributed by atoms with Crippen LogP contribution in [-0.2, 0) is 36.2 Å². The van der Waals surface area contributed by atoms with Crippen molar-refractivity contribution in [1.82, 2.24) is 0 Å². The molecule has 0 aliphatic heterocycles.